The van der Waals surface area contributed by atoms with Crippen LogP contribution in [0, 0.1) is 17.8 Å². The van der Waals surface area contributed by atoms with Crippen molar-refractivity contribution in [3.63, 3.8) is 0 Å². The quantitative estimate of drug-likeness (QED) is 0.924. The monoisotopic (exact) mass is 328 g/mol. The Kier molecular flexibility index (Phi) is 5.22. The molecule has 24 heavy (non-hydrogen) atoms. The molecule has 3 rings (SSSR count). The second-order valence-electron chi connectivity index (χ2n) is 7.54. The number of likely N-dealkylation sites (tertiary alicyclic amines) is 1. The van der Waals surface area contributed by atoms with Gasteiger partial charge in [0, 0.05) is 25.6 Å². The average molecular weight is 328 g/mol. The van der Waals surface area contributed by atoms with Crippen LogP contribution in [0.1, 0.15) is 45.1 Å². The van der Waals surface area contributed by atoms with E-state index in [1.54, 1.807) is 0 Å². The summed E-state index contributed by atoms with van der Waals surface area (Å²) in [5.41, 5.74) is 1.11. The number of amides is 2. The third-order valence-corrected chi connectivity index (χ3v) is 5.84. The maximum absolute atomic E-state index is 12.6. The van der Waals surface area contributed by atoms with Crippen LogP contribution in [0.15, 0.2) is 30.3 Å². The zero-order valence-electron chi connectivity index (χ0n) is 14.7. The molecule has 0 aromatic heterocycles. The molecular weight excluding hydrogens is 300 g/mol. The zero-order valence-corrected chi connectivity index (χ0v) is 14.7. The fourth-order valence-electron chi connectivity index (χ4n) is 3.99. The van der Waals surface area contributed by atoms with Gasteiger partial charge < -0.3 is 10.2 Å². The molecule has 0 bridgehead atoms. The molecule has 1 saturated carbocycles. The molecule has 1 aliphatic carbocycles. The molecule has 1 N–H and O–H groups in total. The van der Waals surface area contributed by atoms with Gasteiger partial charge >= 0.3 is 0 Å². The van der Waals surface area contributed by atoms with Gasteiger partial charge in [0.05, 0.1) is 5.92 Å². The van der Waals surface area contributed by atoms with Gasteiger partial charge in [0.15, 0.2) is 0 Å². The van der Waals surface area contributed by atoms with Gasteiger partial charge in [0.2, 0.25) is 11.8 Å². The minimum atomic E-state index is -0.203. The van der Waals surface area contributed by atoms with Crippen molar-refractivity contribution >= 4 is 11.8 Å². The number of rotatable bonds is 4. The summed E-state index contributed by atoms with van der Waals surface area (Å²) in [5, 5.41) is 3.23. The van der Waals surface area contributed by atoms with Crippen LogP contribution in [0.5, 0.6) is 0 Å². The molecule has 0 spiro atoms. The van der Waals surface area contributed by atoms with Crippen LogP contribution in [0.3, 0.4) is 0 Å². The van der Waals surface area contributed by atoms with Gasteiger partial charge in [0.1, 0.15) is 0 Å². The van der Waals surface area contributed by atoms with Crippen molar-refractivity contribution in [2.24, 2.45) is 17.8 Å². The van der Waals surface area contributed by atoms with Crippen molar-refractivity contribution in [2.45, 2.75) is 52.1 Å². The Labute approximate surface area is 144 Å². The van der Waals surface area contributed by atoms with E-state index in [0.29, 0.717) is 31.3 Å². The van der Waals surface area contributed by atoms with Crippen LogP contribution >= 0.6 is 0 Å². The molecule has 1 heterocycles. The highest BCUT2D eigenvalue weighted by atomic mass is 16.2. The topological polar surface area (TPSA) is 49.4 Å². The summed E-state index contributed by atoms with van der Waals surface area (Å²) in [4.78, 5) is 26.7. The lowest BCUT2D eigenvalue weighted by Gasteiger charge is -2.35. The fraction of sp³-hybridized carbons (Fsp3) is 0.600. The summed E-state index contributed by atoms with van der Waals surface area (Å²) in [6.07, 6.45) is 3.83. The number of nitrogens with zero attached hydrogens (tertiary/aromatic N) is 1. The Hall–Kier alpha value is -1.84. The number of nitrogens with one attached hydrogen (secondary N) is 1. The van der Waals surface area contributed by atoms with Crippen molar-refractivity contribution in [1.29, 1.82) is 0 Å². The standard InChI is InChI=1S/C20H28N2O2/c1-14-7-6-10-18(15(14)2)21-20(24)17-11-19(23)22(13-17)12-16-8-4-3-5-9-16/h3-5,8-9,14-15,17-18H,6-7,10-13H2,1-2H3,(H,21,24)/t14-,15+,17+,18+/m1/s1. The van der Waals surface area contributed by atoms with Crippen LogP contribution in [-0.2, 0) is 16.1 Å². The minimum absolute atomic E-state index is 0.0601. The molecule has 1 aromatic carbocycles. The number of hydrogen-bond acceptors (Lipinski definition) is 2. The van der Waals surface area contributed by atoms with Gasteiger partial charge in [-0.2, -0.15) is 0 Å². The van der Waals surface area contributed by atoms with Crippen LogP contribution in [0.25, 0.3) is 0 Å². The highest BCUT2D eigenvalue weighted by Gasteiger charge is 2.36. The van der Waals surface area contributed by atoms with E-state index in [1.165, 1.54) is 12.8 Å². The van der Waals surface area contributed by atoms with Crippen molar-refractivity contribution in [3.05, 3.63) is 35.9 Å². The van der Waals surface area contributed by atoms with Crippen molar-refractivity contribution in [1.82, 2.24) is 10.2 Å². The number of benzene rings is 1. The molecule has 1 saturated heterocycles. The van der Waals surface area contributed by atoms with Crippen molar-refractivity contribution in [2.75, 3.05) is 6.54 Å². The van der Waals surface area contributed by atoms with Crippen LogP contribution in [0.4, 0.5) is 0 Å². The average Bonchev–Trinajstić information content (AvgIpc) is 2.94. The summed E-state index contributed by atoms with van der Waals surface area (Å²) >= 11 is 0. The summed E-state index contributed by atoms with van der Waals surface area (Å²) in [7, 11) is 0. The molecule has 4 atom stereocenters. The van der Waals surface area contributed by atoms with Gasteiger partial charge in [-0.1, -0.05) is 57.0 Å². The predicted octanol–water partition coefficient (Wildman–Crippen LogP) is 2.98. The highest BCUT2D eigenvalue weighted by Crippen LogP contribution is 2.30. The Morgan fingerprint density at radius 1 is 1.21 bits per heavy atom. The maximum Gasteiger partial charge on any atom is 0.225 e. The minimum Gasteiger partial charge on any atom is -0.353 e. The first-order chi connectivity index (χ1) is 11.5. The number of carbonyl (C=O) groups is 2. The Morgan fingerprint density at radius 3 is 2.71 bits per heavy atom. The molecule has 2 aliphatic rings. The number of hydrogen-bond donors (Lipinski definition) is 1. The van der Waals surface area contributed by atoms with Gasteiger partial charge in [-0.05, 0) is 23.8 Å². The van der Waals surface area contributed by atoms with Crippen LogP contribution in [-0.4, -0.2) is 29.3 Å². The molecule has 2 amide bonds. The lowest BCUT2D eigenvalue weighted by Crippen LogP contribution is -2.46. The smallest absolute Gasteiger partial charge is 0.225 e. The van der Waals surface area contributed by atoms with Crippen LogP contribution < -0.4 is 5.32 Å². The highest BCUT2D eigenvalue weighted by molar-refractivity contribution is 5.89. The van der Waals surface area contributed by atoms with E-state index >= 15 is 0 Å². The number of carbonyl (C=O) groups excluding carboxylic acids is 2. The van der Waals surface area contributed by atoms with E-state index in [2.05, 4.69) is 19.2 Å². The normalized spacial score (nSPS) is 30.4. The molecule has 1 aromatic rings. The third kappa shape index (κ3) is 3.80. The molecule has 0 unspecified atom stereocenters. The van der Waals surface area contributed by atoms with E-state index in [0.717, 1.165) is 12.0 Å². The lowest BCUT2D eigenvalue weighted by molar-refractivity contribution is -0.129. The van der Waals surface area contributed by atoms with Crippen molar-refractivity contribution < 1.29 is 9.59 Å². The van der Waals surface area contributed by atoms with Gasteiger partial charge in [-0.15, -0.1) is 0 Å². The summed E-state index contributed by atoms with van der Waals surface area (Å²) in [6.45, 7) is 5.64. The third-order valence-electron chi connectivity index (χ3n) is 5.84. The van der Waals surface area contributed by atoms with Gasteiger partial charge in [-0.3, -0.25) is 9.59 Å². The SMILES string of the molecule is C[C@H]1[C@H](C)CCC[C@@H]1NC(=O)[C@H]1CC(=O)N(Cc2ccccc2)C1. The van der Waals surface area contributed by atoms with Gasteiger partial charge in [0.25, 0.3) is 0 Å². The summed E-state index contributed by atoms with van der Waals surface area (Å²) in [6, 6.07) is 10.2. The Morgan fingerprint density at radius 2 is 1.96 bits per heavy atom. The van der Waals surface area contributed by atoms with Crippen LogP contribution in [0.2, 0.25) is 0 Å². The molecule has 130 valence electrons. The Balaban J connectivity index is 1.56. The van der Waals surface area contributed by atoms with E-state index in [4.69, 9.17) is 0 Å². The van der Waals surface area contributed by atoms with E-state index in [9.17, 15) is 9.59 Å². The predicted molar refractivity (Wildman–Crippen MR) is 94.1 cm³/mol. The molecule has 4 heteroatoms. The lowest BCUT2D eigenvalue weighted by atomic mass is 9.78. The zero-order chi connectivity index (χ0) is 17.1. The second kappa shape index (κ2) is 7.37. The molecular formula is C20H28N2O2. The second-order valence-corrected chi connectivity index (χ2v) is 7.54. The first-order valence-corrected chi connectivity index (χ1v) is 9.16. The van der Waals surface area contributed by atoms with E-state index in [1.807, 2.05) is 35.2 Å². The van der Waals surface area contributed by atoms with E-state index < -0.39 is 0 Å². The fourth-order valence-corrected chi connectivity index (χ4v) is 3.99. The van der Waals surface area contributed by atoms with Gasteiger partial charge in [-0.25, -0.2) is 0 Å². The molecule has 1 aliphatic heterocycles. The molecule has 0 radical (unpaired) electrons. The molecule has 4 nitrogen and oxygen atoms in total. The largest absolute Gasteiger partial charge is 0.353 e. The first-order valence-electron chi connectivity index (χ1n) is 9.16. The summed E-state index contributed by atoms with van der Waals surface area (Å²) < 4.78 is 0. The first kappa shape index (κ1) is 17.0. The molecule has 2 fully saturated rings. The van der Waals surface area contributed by atoms with E-state index in [-0.39, 0.29) is 23.8 Å². The maximum atomic E-state index is 12.6. The van der Waals surface area contributed by atoms with Crippen molar-refractivity contribution in [3.8, 4) is 0 Å². The summed E-state index contributed by atoms with van der Waals surface area (Å²) in [5.74, 6) is 1.11. The Bertz CT molecular complexity index is 587.